The Hall–Kier alpha value is -1.47. The molecule has 148 valence electrons. The largest absolute Gasteiger partial charge is 0.357 e. The molecule has 0 aliphatic rings. The molecule has 0 spiro atoms. The van der Waals surface area contributed by atoms with Crippen molar-refractivity contribution in [3.63, 3.8) is 0 Å². The number of rotatable bonds is 9. The van der Waals surface area contributed by atoms with Crippen LogP contribution in [0.4, 0.5) is 5.69 Å². The molecule has 0 amide bonds. The van der Waals surface area contributed by atoms with Crippen molar-refractivity contribution >= 4 is 45.6 Å². The SMILES string of the molecule is CCNC(=NCCNS(=O)(=O)c1cccc([N+](=O)[O-])c1)NC(C)CC.I. The monoisotopic (exact) mass is 499 g/mol. The molecular formula is C15H26IN5O4S. The maximum atomic E-state index is 12.2. The van der Waals surface area contributed by atoms with Crippen molar-refractivity contribution in [1.29, 1.82) is 0 Å². The predicted octanol–water partition coefficient (Wildman–Crippen LogP) is 1.84. The van der Waals surface area contributed by atoms with Crippen LogP contribution in [0.1, 0.15) is 27.2 Å². The van der Waals surface area contributed by atoms with E-state index in [1.165, 1.54) is 18.2 Å². The third-order valence-electron chi connectivity index (χ3n) is 3.35. The normalized spacial score (nSPS) is 12.8. The molecule has 0 saturated carbocycles. The van der Waals surface area contributed by atoms with Crippen molar-refractivity contribution in [2.45, 2.75) is 38.1 Å². The van der Waals surface area contributed by atoms with Gasteiger partial charge in [0, 0.05) is 31.3 Å². The van der Waals surface area contributed by atoms with Gasteiger partial charge >= 0.3 is 0 Å². The number of halogens is 1. The van der Waals surface area contributed by atoms with Crippen LogP contribution < -0.4 is 15.4 Å². The van der Waals surface area contributed by atoms with Gasteiger partial charge < -0.3 is 10.6 Å². The van der Waals surface area contributed by atoms with Gasteiger partial charge in [0.1, 0.15) is 0 Å². The van der Waals surface area contributed by atoms with Gasteiger partial charge in [-0.3, -0.25) is 15.1 Å². The Kier molecular flexibility index (Phi) is 11.3. The molecule has 0 aliphatic heterocycles. The smallest absolute Gasteiger partial charge is 0.270 e. The van der Waals surface area contributed by atoms with Crippen LogP contribution in [0, 0.1) is 10.1 Å². The van der Waals surface area contributed by atoms with E-state index in [-0.39, 0.29) is 53.7 Å². The van der Waals surface area contributed by atoms with Crippen LogP contribution >= 0.6 is 24.0 Å². The van der Waals surface area contributed by atoms with E-state index in [2.05, 4.69) is 27.3 Å². The lowest BCUT2D eigenvalue weighted by Gasteiger charge is -2.16. The van der Waals surface area contributed by atoms with Crippen LogP contribution in [0.2, 0.25) is 0 Å². The number of non-ortho nitro benzene ring substituents is 1. The second-order valence-electron chi connectivity index (χ2n) is 5.37. The molecular weight excluding hydrogens is 473 g/mol. The minimum Gasteiger partial charge on any atom is -0.357 e. The van der Waals surface area contributed by atoms with Gasteiger partial charge in [0.05, 0.1) is 16.4 Å². The number of aliphatic imine (C=N–C) groups is 1. The first-order chi connectivity index (χ1) is 11.8. The first-order valence-corrected chi connectivity index (χ1v) is 9.57. The van der Waals surface area contributed by atoms with Crippen molar-refractivity contribution < 1.29 is 13.3 Å². The van der Waals surface area contributed by atoms with Gasteiger partial charge in [0.25, 0.3) is 5.69 Å². The van der Waals surface area contributed by atoms with E-state index in [9.17, 15) is 18.5 Å². The van der Waals surface area contributed by atoms with Crippen LogP contribution in [0.5, 0.6) is 0 Å². The third kappa shape index (κ3) is 8.27. The van der Waals surface area contributed by atoms with Crippen LogP contribution in [0.25, 0.3) is 0 Å². The molecule has 1 unspecified atom stereocenters. The van der Waals surface area contributed by atoms with Gasteiger partial charge in [-0.15, -0.1) is 24.0 Å². The summed E-state index contributed by atoms with van der Waals surface area (Å²) in [5.41, 5.74) is -0.270. The minimum absolute atomic E-state index is 0. The average molecular weight is 499 g/mol. The maximum absolute atomic E-state index is 12.2. The first-order valence-electron chi connectivity index (χ1n) is 8.09. The summed E-state index contributed by atoms with van der Waals surface area (Å²) >= 11 is 0. The highest BCUT2D eigenvalue weighted by molar-refractivity contribution is 14.0. The van der Waals surface area contributed by atoms with Crippen molar-refractivity contribution in [3.8, 4) is 0 Å². The van der Waals surface area contributed by atoms with Gasteiger partial charge in [-0.1, -0.05) is 13.0 Å². The Morgan fingerprint density at radius 1 is 1.35 bits per heavy atom. The van der Waals surface area contributed by atoms with Crippen LogP contribution in [0.15, 0.2) is 34.2 Å². The first kappa shape index (κ1) is 24.5. The Morgan fingerprint density at radius 2 is 2.04 bits per heavy atom. The number of nitro groups is 1. The van der Waals surface area contributed by atoms with Crippen LogP contribution in [-0.4, -0.2) is 45.0 Å². The molecule has 0 fully saturated rings. The molecule has 1 aromatic carbocycles. The van der Waals surface area contributed by atoms with Crippen molar-refractivity contribution in [2.75, 3.05) is 19.6 Å². The van der Waals surface area contributed by atoms with E-state index in [1.807, 2.05) is 13.8 Å². The number of nitrogens with zero attached hydrogens (tertiary/aromatic N) is 2. The second kappa shape index (κ2) is 12.0. The lowest BCUT2D eigenvalue weighted by Crippen LogP contribution is -2.42. The zero-order valence-corrected chi connectivity index (χ0v) is 18.2. The highest BCUT2D eigenvalue weighted by atomic mass is 127. The average Bonchev–Trinajstić information content (AvgIpc) is 2.58. The summed E-state index contributed by atoms with van der Waals surface area (Å²) in [6.45, 7) is 7.04. The molecule has 0 saturated heterocycles. The molecule has 0 heterocycles. The molecule has 0 aromatic heterocycles. The van der Waals surface area contributed by atoms with Gasteiger partial charge in [-0.05, 0) is 26.3 Å². The molecule has 0 aliphatic carbocycles. The van der Waals surface area contributed by atoms with E-state index < -0.39 is 14.9 Å². The fourth-order valence-corrected chi connectivity index (χ4v) is 2.91. The third-order valence-corrected chi connectivity index (χ3v) is 4.81. The fourth-order valence-electron chi connectivity index (χ4n) is 1.85. The molecule has 0 bridgehead atoms. The zero-order chi connectivity index (χ0) is 18.9. The van der Waals surface area contributed by atoms with E-state index in [1.54, 1.807) is 0 Å². The lowest BCUT2D eigenvalue weighted by atomic mass is 10.3. The molecule has 26 heavy (non-hydrogen) atoms. The number of guanidine groups is 1. The van der Waals surface area contributed by atoms with Crippen molar-refractivity contribution in [3.05, 3.63) is 34.4 Å². The Balaban J connectivity index is 0.00000625. The van der Waals surface area contributed by atoms with Gasteiger partial charge in [0.2, 0.25) is 10.0 Å². The zero-order valence-electron chi connectivity index (χ0n) is 15.1. The number of hydrogen-bond acceptors (Lipinski definition) is 5. The summed E-state index contributed by atoms with van der Waals surface area (Å²) < 4.78 is 26.8. The molecule has 1 aromatic rings. The summed E-state index contributed by atoms with van der Waals surface area (Å²) in [7, 11) is -3.82. The molecule has 3 N–H and O–H groups in total. The summed E-state index contributed by atoms with van der Waals surface area (Å²) in [6, 6.07) is 5.17. The summed E-state index contributed by atoms with van der Waals surface area (Å²) in [4.78, 5) is 14.3. The van der Waals surface area contributed by atoms with E-state index in [4.69, 9.17) is 0 Å². The minimum atomic E-state index is -3.82. The Labute approximate surface area is 171 Å². The molecule has 11 heteroatoms. The standard InChI is InChI=1S/C15H25N5O4S.HI/c1-4-12(3)19-15(16-5-2)17-9-10-18-25(23,24)14-8-6-7-13(11-14)20(21)22;/h6-8,11-12,18H,4-5,9-10H2,1-3H3,(H2,16,17,19);1H. The van der Waals surface area contributed by atoms with E-state index >= 15 is 0 Å². The highest BCUT2D eigenvalue weighted by Gasteiger charge is 2.16. The number of benzene rings is 1. The summed E-state index contributed by atoms with van der Waals surface area (Å²) in [6.07, 6.45) is 0.934. The Bertz CT molecular complexity index is 712. The van der Waals surface area contributed by atoms with Crippen molar-refractivity contribution in [2.24, 2.45) is 4.99 Å². The molecule has 9 nitrogen and oxygen atoms in total. The molecule has 1 atom stereocenters. The van der Waals surface area contributed by atoms with Crippen LogP contribution in [-0.2, 0) is 10.0 Å². The predicted molar refractivity (Wildman–Crippen MR) is 113 cm³/mol. The van der Waals surface area contributed by atoms with Gasteiger partial charge in [-0.25, -0.2) is 13.1 Å². The molecule has 0 radical (unpaired) electrons. The van der Waals surface area contributed by atoms with Gasteiger partial charge in [-0.2, -0.15) is 0 Å². The second-order valence-corrected chi connectivity index (χ2v) is 7.13. The maximum Gasteiger partial charge on any atom is 0.270 e. The van der Waals surface area contributed by atoms with Gasteiger partial charge in [0.15, 0.2) is 5.96 Å². The Morgan fingerprint density at radius 3 is 2.62 bits per heavy atom. The number of sulfonamides is 1. The van der Waals surface area contributed by atoms with Crippen LogP contribution in [0.3, 0.4) is 0 Å². The number of nitro benzene ring substituents is 1. The summed E-state index contributed by atoms with van der Waals surface area (Å²) in [5.74, 6) is 0.617. The lowest BCUT2D eigenvalue weighted by molar-refractivity contribution is -0.385. The topological polar surface area (TPSA) is 126 Å². The summed E-state index contributed by atoms with van der Waals surface area (Å²) in [5, 5.41) is 17.0. The highest BCUT2D eigenvalue weighted by Crippen LogP contribution is 2.16. The van der Waals surface area contributed by atoms with E-state index in [0.717, 1.165) is 12.5 Å². The fraction of sp³-hybridized carbons (Fsp3) is 0.533. The van der Waals surface area contributed by atoms with Crippen molar-refractivity contribution in [1.82, 2.24) is 15.4 Å². The number of nitrogens with one attached hydrogen (secondary N) is 3. The molecule has 1 rings (SSSR count). The number of hydrogen-bond donors (Lipinski definition) is 3. The quantitative estimate of drug-likeness (QED) is 0.119. The van der Waals surface area contributed by atoms with E-state index in [0.29, 0.717) is 12.5 Å².